The molecule has 0 saturated carbocycles. The summed E-state index contributed by atoms with van der Waals surface area (Å²) in [4.78, 5) is 11.7. The van der Waals surface area contributed by atoms with Crippen LogP contribution in [0, 0.1) is 5.92 Å². The highest BCUT2D eigenvalue weighted by molar-refractivity contribution is 7.91. The smallest absolute Gasteiger partial charge is 0.334 e. The molecular formula is C18H28O5S. The Bertz CT molecular complexity index is 581. The van der Waals surface area contributed by atoms with Gasteiger partial charge in [0.15, 0.2) is 6.10 Å². The SMILES string of the molecule is CC(C)CCS(=O)(=O)CCC(O)C(=O)OCCCc1ccccc1. The first-order valence-corrected chi connectivity index (χ1v) is 10.2. The van der Waals surface area contributed by atoms with Gasteiger partial charge in [-0.15, -0.1) is 0 Å². The van der Waals surface area contributed by atoms with Crippen molar-refractivity contribution in [2.24, 2.45) is 5.92 Å². The number of hydrogen-bond acceptors (Lipinski definition) is 5. The number of rotatable bonds is 11. The van der Waals surface area contributed by atoms with Crippen molar-refractivity contribution >= 4 is 15.8 Å². The molecule has 1 N–H and O–H groups in total. The number of carbonyl (C=O) groups excluding carboxylic acids is 1. The van der Waals surface area contributed by atoms with E-state index in [-0.39, 0.29) is 24.5 Å². The molecule has 6 heteroatoms. The van der Waals surface area contributed by atoms with Crippen molar-refractivity contribution in [3.63, 3.8) is 0 Å². The average Bonchev–Trinajstić information content (AvgIpc) is 2.55. The molecule has 5 nitrogen and oxygen atoms in total. The zero-order valence-corrected chi connectivity index (χ0v) is 15.3. The Morgan fingerprint density at radius 3 is 2.38 bits per heavy atom. The summed E-state index contributed by atoms with van der Waals surface area (Å²) in [5.74, 6) is -0.551. The predicted octanol–water partition coefficient (Wildman–Crippen LogP) is 2.37. The number of ether oxygens (including phenoxy) is 1. The molecule has 0 saturated heterocycles. The average molecular weight is 356 g/mol. The number of benzene rings is 1. The number of hydrogen-bond donors (Lipinski definition) is 1. The maximum Gasteiger partial charge on any atom is 0.334 e. The van der Waals surface area contributed by atoms with Gasteiger partial charge in [0.25, 0.3) is 0 Å². The molecule has 0 aliphatic carbocycles. The van der Waals surface area contributed by atoms with Gasteiger partial charge in [-0.1, -0.05) is 44.2 Å². The molecule has 0 heterocycles. The number of esters is 1. The minimum Gasteiger partial charge on any atom is -0.464 e. The minimum atomic E-state index is -3.23. The fourth-order valence-corrected chi connectivity index (χ4v) is 3.73. The third-order valence-corrected chi connectivity index (χ3v) is 5.39. The van der Waals surface area contributed by atoms with E-state index in [0.717, 1.165) is 12.0 Å². The van der Waals surface area contributed by atoms with Crippen molar-refractivity contribution in [1.29, 1.82) is 0 Å². The second-order valence-corrected chi connectivity index (χ2v) is 8.70. The molecule has 0 spiro atoms. The van der Waals surface area contributed by atoms with Crippen LogP contribution in [-0.2, 0) is 25.8 Å². The van der Waals surface area contributed by atoms with Crippen molar-refractivity contribution in [3.8, 4) is 0 Å². The van der Waals surface area contributed by atoms with Crippen LogP contribution in [0.2, 0.25) is 0 Å². The summed E-state index contributed by atoms with van der Waals surface area (Å²) >= 11 is 0. The summed E-state index contributed by atoms with van der Waals surface area (Å²) in [5.41, 5.74) is 1.16. The third kappa shape index (κ3) is 9.03. The number of carbonyl (C=O) groups is 1. The van der Waals surface area contributed by atoms with Gasteiger partial charge in [0, 0.05) is 0 Å². The van der Waals surface area contributed by atoms with Crippen molar-refractivity contribution in [3.05, 3.63) is 35.9 Å². The van der Waals surface area contributed by atoms with Gasteiger partial charge in [-0.3, -0.25) is 0 Å². The number of sulfone groups is 1. The maximum absolute atomic E-state index is 11.8. The molecule has 0 bridgehead atoms. The molecule has 136 valence electrons. The van der Waals surface area contributed by atoms with E-state index in [1.807, 2.05) is 44.2 Å². The summed E-state index contributed by atoms with van der Waals surface area (Å²) < 4.78 is 28.6. The van der Waals surface area contributed by atoms with Crippen LogP contribution < -0.4 is 0 Å². The lowest BCUT2D eigenvalue weighted by Crippen LogP contribution is -2.27. The Labute approximate surface area is 145 Å². The van der Waals surface area contributed by atoms with Crippen LogP contribution in [0.3, 0.4) is 0 Å². The predicted molar refractivity (Wildman–Crippen MR) is 94.5 cm³/mol. The highest BCUT2D eigenvalue weighted by Crippen LogP contribution is 2.07. The molecule has 0 aromatic heterocycles. The van der Waals surface area contributed by atoms with Crippen molar-refractivity contribution < 1.29 is 23.1 Å². The lowest BCUT2D eigenvalue weighted by molar-refractivity contribution is -0.153. The van der Waals surface area contributed by atoms with E-state index in [1.165, 1.54) is 0 Å². The first-order valence-electron chi connectivity index (χ1n) is 8.39. The summed E-state index contributed by atoms with van der Waals surface area (Å²) in [5, 5.41) is 9.74. The van der Waals surface area contributed by atoms with E-state index in [1.54, 1.807) is 0 Å². The van der Waals surface area contributed by atoms with Gasteiger partial charge in [0.2, 0.25) is 0 Å². The van der Waals surface area contributed by atoms with Crippen LogP contribution >= 0.6 is 0 Å². The summed E-state index contributed by atoms with van der Waals surface area (Å²) in [6.45, 7) is 4.12. The zero-order chi connectivity index (χ0) is 18.0. The van der Waals surface area contributed by atoms with E-state index in [0.29, 0.717) is 18.8 Å². The third-order valence-electron chi connectivity index (χ3n) is 3.68. The van der Waals surface area contributed by atoms with Crippen molar-refractivity contribution in [2.45, 2.75) is 45.6 Å². The van der Waals surface area contributed by atoms with E-state index in [9.17, 15) is 18.3 Å². The Hall–Kier alpha value is -1.40. The van der Waals surface area contributed by atoms with E-state index in [4.69, 9.17) is 4.74 Å². The Kier molecular flexibility index (Phi) is 9.00. The molecule has 0 aliphatic rings. The fourth-order valence-electron chi connectivity index (χ4n) is 2.12. The molecule has 0 aliphatic heterocycles. The number of aryl methyl sites for hydroxylation is 1. The molecule has 1 rings (SSSR count). The Morgan fingerprint density at radius 1 is 1.12 bits per heavy atom. The molecule has 0 radical (unpaired) electrons. The van der Waals surface area contributed by atoms with Crippen LogP contribution in [0.4, 0.5) is 0 Å². The number of aliphatic hydroxyl groups is 1. The molecule has 1 aromatic carbocycles. The largest absolute Gasteiger partial charge is 0.464 e. The van der Waals surface area contributed by atoms with Gasteiger partial charge in [-0.2, -0.15) is 0 Å². The van der Waals surface area contributed by atoms with Gasteiger partial charge in [-0.25, -0.2) is 13.2 Å². The monoisotopic (exact) mass is 356 g/mol. The van der Waals surface area contributed by atoms with Crippen LogP contribution in [0.15, 0.2) is 30.3 Å². The summed E-state index contributed by atoms with van der Waals surface area (Å²) in [6, 6.07) is 9.84. The van der Waals surface area contributed by atoms with E-state index >= 15 is 0 Å². The lowest BCUT2D eigenvalue weighted by Gasteiger charge is -2.11. The molecular weight excluding hydrogens is 328 g/mol. The van der Waals surface area contributed by atoms with E-state index < -0.39 is 21.9 Å². The second kappa shape index (κ2) is 10.5. The normalized spacial score (nSPS) is 13.0. The summed E-state index contributed by atoms with van der Waals surface area (Å²) in [7, 11) is -3.23. The van der Waals surface area contributed by atoms with Gasteiger partial charge in [0.05, 0.1) is 18.1 Å². The molecule has 24 heavy (non-hydrogen) atoms. The molecule has 0 fully saturated rings. The first-order chi connectivity index (χ1) is 11.3. The molecule has 1 unspecified atom stereocenters. The van der Waals surface area contributed by atoms with Crippen LogP contribution in [0.1, 0.15) is 38.7 Å². The maximum atomic E-state index is 11.8. The Morgan fingerprint density at radius 2 is 1.75 bits per heavy atom. The lowest BCUT2D eigenvalue weighted by atomic mass is 10.1. The zero-order valence-electron chi connectivity index (χ0n) is 14.5. The molecule has 1 aromatic rings. The standard InChI is InChI=1S/C18H28O5S/c1-15(2)10-13-24(21,22)14-11-17(19)18(20)23-12-6-9-16-7-4-3-5-8-16/h3-5,7-8,15,17,19H,6,9-14H2,1-2H3. The molecule has 0 amide bonds. The molecule has 1 atom stereocenters. The highest BCUT2D eigenvalue weighted by Gasteiger charge is 2.20. The van der Waals surface area contributed by atoms with Crippen molar-refractivity contribution in [2.75, 3.05) is 18.1 Å². The minimum absolute atomic E-state index is 0.0868. The van der Waals surface area contributed by atoms with E-state index in [2.05, 4.69) is 0 Å². The first kappa shape index (κ1) is 20.6. The van der Waals surface area contributed by atoms with Gasteiger partial charge >= 0.3 is 5.97 Å². The van der Waals surface area contributed by atoms with Crippen LogP contribution in [0.25, 0.3) is 0 Å². The van der Waals surface area contributed by atoms with Gasteiger partial charge in [0.1, 0.15) is 9.84 Å². The van der Waals surface area contributed by atoms with Gasteiger partial charge < -0.3 is 9.84 Å². The quantitative estimate of drug-likeness (QED) is 0.486. The topological polar surface area (TPSA) is 80.7 Å². The summed E-state index contributed by atoms with van der Waals surface area (Å²) in [6.07, 6.45) is 0.541. The Balaban J connectivity index is 2.22. The van der Waals surface area contributed by atoms with Crippen molar-refractivity contribution in [1.82, 2.24) is 0 Å². The highest BCUT2D eigenvalue weighted by atomic mass is 32.2. The fraction of sp³-hybridized carbons (Fsp3) is 0.611. The van der Waals surface area contributed by atoms with Crippen LogP contribution in [-0.4, -0.2) is 43.7 Å². The van der Waals surface area contributed by atoms with Gasteiger partial charge in [-0.05, 0) is 37.2 Å². The second-order valence-electron chi connectivity index (χ2n) is 6.40. The number of aliphatic hydroxyl groups excluding tert-OH is 1. The van der Waals surface area contributed by atoms with Crippen LogP contribution in [0.5, 0.6) is 0 Å².